The molecule has 0 radical (unpaired) electrons. The van der Waals surface area contributed by atoms with Crippen molar-refractivity contribution >= 4 is 95.3 Å². The first-order valence-corrected chi connectivity index (χ1v) is 19.4. The maximum Gasteiger partial charge on any atom is 0.244 e. The molecule has 1 aliphatic heterocycles. The lowest BCUT2D eigenvalue weighted by Gasteiger charge is -2.23. The van der Waals surface area contributed by atoms with Gasteiger partial charge in [-0.1, -0.05) is 120 Å². The minimum absolute atomic E-state index is 0.00254. The lowest BCUT2D eigenvalue weighted by molar-refractivity contribution is 0.590. The van der Waals surface area contributed by atoms with Crippen molar-refractivity contribution in [3.63, 3.8) is 0 Å². The summed E-state index contributed by atoms with van der Waals surface area (Å²) in [5.74, 6) is 0. The maximum atomic E-state index is 6.88. The van der Waals surface area contributed by atoms with Gasteiger partial charge >= 0.3 is 0 Å². The number of benzene rings is 7. The monoisotopic (exact) mass is 712 g/mol. The van der Waals surface area contributed by atoms with E-state index in [2.05, 4.69) is 173 Å². The van der Waals surface area contributed by atoms with Gasteiger partial charge in [0, 0.05) is 55.5 Å². The molecule has 0 fully saturated rings. The second-order valence-corrected chi connectivity index (χ2v) is 17.5. The fraction of sp³-hybridized carbons (Fsp3) is 0.160. The molecule has 0 saturated carbocycles. The van der Waals surface area contributed by atoms with Crippen LogP contribution in [0, 0.1) is 0 Å². The van der Waals surface area contributed by atoms with Gasteiger partial charge in [-0.2, -0.15) is 0 Å². The number of hydrogen-bond donors (Lipinski definition) is 1. The molecule has 1 aliphatic rings. The topological polar surface area (TPSA) is 43.2 Å². The molecule has 5 heteroatoms. The first-order valence-electron chi connectivity index (χ1n) is 19.4. The van der Waals surface area contributed by atoms with Gasteiger partial charge < -0.3 is 18.7 Å². The van der Waals surface area contributed by atoms with E-state index >= 15 is 0 Å². The van der Waals surface area contributed by atoms with E-state index < -0.39 is 0 Å². The van der Waals surface area contributed by atoms with E-state index in [1.54, 1.807) is 0 Å². The SMILES string of the molecule is CC(C)(C)c1ccc(Nc2ccc3ccccc3c2-c2ccc3c4cc5c(cc4n4c3c2Bc2oc3ccc(C(C)(C)C)cc3c2-4)oc2ccccc25)cc1. The van der Waals surface area contributed by atoms with E-state index in [4.69, 9.17) is 8.83 Å². The zero-order valence-electron chi connectivity index (χ0n) is 32.1. The summed E-state index contributed by atoms with van der Waals surface area (Å²) in [4.78, 5) is 0. The second-order valence-electron chi connectivity index (χ2n) is 17.5. The molecule has 0 spiro atoms. The van der Waals surface area contributed by atoms with E-state index in [9.17, 15) is 0 Å². The van der Waals surface area contributed by atoms with Crippen molar-refractivity contribution in [3.8, 4) is 16.8 Å². The van der Waals surface area contributed by atoms with E-state index in [1.807, 2.05) is 6.07 Å². The Bertz CT molecular complexity index is 3220. The van der Waals surface area contributed by atoms with Crippen LogP contribution in [0.1, 0.15) is 52.7 Å². The molecular weight excluding hydrogens is 671 g/mol. The molecule has 0 atom stereocenters. The van der Waals surface area contributed by atoms with E-state index in [0.29, 0.717) is 7.28 Å². The third-order valence-corrected chi connectivity index (χ3v) is 11.9. The van der Waals surface area contributed by atoms with Crippen molar-refractivity contribution in [2.45, 2.75) is 52.4 Å². The van der Waals surface area contributed by atoms with Crippen molar-refractivity contribution in [1.29, 1.82) is 0 Å². The van der Waals surface area contributed by atoms with Crippen LogP contribution < -0.4 is 16.4 Å². The van der Waals surface area contributed by atoms with Crippen molar-refractivity contribution in [1.82, 2.24) is 4.57 Å². The molecule has 7 aromatic carbocycles. The normalized spacial score (nSPS) is 13.1. The van der Waals surface area contributed by atoms with Gasteiger partial charge in [-0.15, -0.1) is 0 Å². The molecule has 266 valence electrons. The van der Waals surface area contributed by atoms with Gasteiger partial charge in [-0.05, 0) is 86.2 Å². The average molecular weight is 713 g/mol. The fourth-order valence-electron chi connectivity index (χ4n) is 9.04. The molecule has 1 N–H and O–H groups in total. The van der Waals surface area contributed by atoms with Gasteiger partial charge in [0.05, 0.1) is 16.9 Å². The molecule has 0 aliphatic carbocycles. The highest BCUT2D eigenvalue weighted by Crippen LogP contribution is 2.44. The molecule has 55 heavy (non-hydrogen) atoms. The highest BCUT2D eigenvalue weighted by Gasteiger charge is 2.32. The summed E-state index contributed by atoms with van der Waals surface area (Å²) in [6, 6.07) is 46.5. The standard InChI is InChI=1S/C50H41BN2O2/c1-49(2,3)29-16-19-31(20-17-29)52-39-23-15-28-11-7-8-12-32(28)44(39)35-22-21-34-36-26-37-33-13-9-10-14-41(33)54-43(37)27-40(36)53-46(34)45(35)51-48-47(53)38-25-30(50(4,5)6)18-24-42(38)55-48/h7-27,51-52H,1-6H3. The number of nitrogens with one attached hydrogen (secondary N) is 1. The zero-order valence-corrected chi connectivity index (χ0v) is 32.1. The van der Waals surface area contributed by atoms with Crippen LogP contribution in [0.4, 0.5) is 11.4 Å². The van der Waals surface area contributed by atoms with Gasteiger partial charge in [0.15, 0.2) is 0 Å². The molecule has 0 amide bonds. The number of aromatic nitrogens is 1. The molecular formula is C50H41BN2O2. The van der Waals surface area contributed by atoms with Crippen LogP contribution in [-0.2, 0) is 10.8 Å². The Kier molecular flexibility index (Phi) is 6.55. The first kappa shape index (κ1) is 32.3. The van der Waals surface area contributed by atoms with Crippen LogP contribution in [-0.4, -0.2) is 11.8 Å². The Labute approximate surface area is 320 Å². The quantitative estimate of drug-likeness (QED) is 0.186. The molecule has 11 rings (SSSR count). The molecule has 3 aromatic heterocycles. The fourth-order valence-corrected chi connectivity index (χ4v) is 9.04. The van der Waals surface area contributed by atoms with Gasteiger partial charge in [0.2, 0.25) is 7.28 Å². The molecule has 4 nitrogen and oxygen atoms in total. The summed E-state index contributed by atoms with van der Waals surface area (Å²) >= 11 is 0. The van der Waals surface area contributed by atoms with Crippen molar-refractivity contribution < 1.29 is 8.83 Å². The Morgan fingerprint density at radius 2 is 1.27 bits per heavy atom. The third kappa shape index (κ3) is 4.78. The number of nitrogens with zero attached hydrogens (tertiary/aromatic N) is 1. The smallest absolute Gasteiger partial charge is 0.244 e. The predicted molar refractivity (Wildman–Crippen MR) is 234 cm³/mol. The van der Waals surface area contributed by atoms with Gasteiger partial charge in [-0.25, -0.2) is 0 Å². The molecule has 10 aromatic rings. The second kappa shape index (κ2) is 11.2. The minimum Gasteiger partial charge on any atom is -0.469 e. The zero-order chi connectivity index (χ0) is 37.4. The van der Waals surface area contributed by atoms with E-state index in [1.165, 1.54) is 54.8 Å². The Hall–Kier alpha value is -6.20. The van der Waals surface area contributed by atoms with Crippen LogP contribution in [0.15, 0.2) is 136 Å². The van der Waals surface area contributed by atoms with Crippen LogP contribution >= 0.6 is 0 Å². The predicted octanol–water partition coefficient (Wildman–Crippen LogP) is 12.3. The highest BCUT2D eigenvalue weighted by atomic mass is 16.3. The summed E-state index contributed by atoms with van der Waals surface area (Å²) in [7, 11) is 0.680. The summed E-state index contributed by atoms with van der Waals surface area (Å²) in [6.07, 6.45) is 0. The number of rotatable bonds is 3. The summed E-state index contributed by atoms with van der Waals surface area (Å²) in [5.41, 5.74) is 15.7. The molecule has 4 heterocycles. The highest BCUT2D eigenvalue weighted by molar-refractivity contribution is 6.73. The lowest BCUT2D eigenvalue weighted by atomic mass is 9.62. The number of para-hydroxylation sites is 1. The Balaban J connectivity index is 1.22. The van der Waals surface area contributed by atoms with E-state index in [-0.39, 0.29) is 10.8 Å². The van der Waals surface area contributed by atoms with Crippen LogP contribution in [0.3, 0.4) is 0 Å². The Morgan fingerprint density at radius 3 is 2.07 bits per heavy atom. The van der Waals surface area contributed by atoms with Crippen molar-refractivity contribution in [2.75, 3.05) is 5.32 Å². The van der Waals surface area contributed by atoms with Crippen molar-refractivity contribution in [2.24, 2.45) is 0 Å². The third-order valence-electron chi connectivity index (χ3n) is 11.9. The number of fused-ring (bicyclic) bond motifs is 11. The molecule has 0 unspecified atom stereocenters. The number of hydrogen-bond acceptors (Lipinski definition) is 3. The molecule has 0 bridgehead atoms. The van der Waals surface area contributed by atoms with Crippen LogP contribution in [0.2, 0.25) is 0 Å². The lowest BCUT2D eigenvalue weighted by Crippen LogP contribution is -2.36. The number of furan rings is 2. The first-order chi connectivity index (χ1) is 26.5. The molecule has 0 saturated heterocycles. The maximum absolute atomic E-state index is 6.88. The summed E-state index contributed by atoms with van der Waals surface area (Å²) < 4.78 is 15.9. The van der Waals surface area contributed by atoms with Gasteiger partial charge in [0.1, 0.15) is 16.7 Å². The summed E-state index contributed by atoms with van der Waals surface area (Å²) in [6.45, 7) is 13.6. The van der Waals surface area contributed by atoms with Crippen LogP contribution in [0.25, 0.3) is 82.3 Å². The van der Waals surface area contributed by atoms with Gasteiger partial charge in [0.25, 0.3) is 0 Å². The number of anilines is 2. The van der Waals surface area contributed by atoms with E-state index in [0.717, 1.165) is 61.1 Å². The Morgan fingerprint density at radius 1 is 0.545 bits per heavy atom. The minimum atomic E-state index is -0.00254. The van der Waals surface area contributed by atoms with Gasteiger partial charge in [-0.3, -0.25) is 0 Å². The van der Waals surface area contributed by atoms with Crippen molar-refractivity contribution in [3.05, 3.63) is 139 Å². The average Bonchev–Trinajstić information content (AvgIpc) is 3.83. The largest absolute Gasteiger partial charge is 0.469 e. The summed E-state index contributed by atoms with van der Waals surface area (Å²) in [5, 5.41) is 12.1. The van der Waals surface area contributed by atoms with Crippen LogP contribution in [0.5, 0.6) is 0 Å².